The van der Waals surface area contributed by atoms with Crippen molar-refractivity contribution in [2.45, 2.75) is 31.2 Å². The van der Waals surface area contributed by atoms with Crippen molar-refractivity contribution < 1.29 is 4.79 Å². The minimum atomic E-state index is -0.120. The third kappa shape index (κ3) is 5.41. The fourth-order valence-corrected chi connectivity index (χ4v) is 4.78. The molecule has 3 heterocycles. The SMILES string of the molecule is CC(C)CCNC(=O)c1csc(CSc2nnc(-c3ccncc3)n2-c2ccccc2)n1. The molecule has 0 unspecified atom stereocenters. The maximum Gasteiger partial charge on any atom is 0.270 e. The number of hydrogen-bond acceptors (Lipinski definition) is 7. The molecule has 0 aliphatic carbocycles. The third-order valence-electron chi connectivity index (χ3n) is 4.70. The van der Waals surface area contributed by atoms with Crippen LogP contribution >= 0.6 is 23.1 Å². The van der Waals surface area contributed by atoms with Crippen molar-refractivity contribution in [3.8, 4) is 17.1 Å². The molecule has 164 valence electrons. The van der Waals surface area contributed by atoms with E-state index in [0.29, 0.717) is 23.9 Å². The average molecular weight is 465 g/mol. The Kier molecular flexibility index (Phi) is 7.28. The highest BCUT2D eigenvalue weighted by molar-refractivity contribution is 7.98. The molecule has 0 fully saturated rings. The summed E-state index contributed by atoms with van der Waals surface area (Å²) < 4.78 is 2.03. The lowest BCUT2D eigenvalue weighted by Gasteiger charge is -2.09. The normalized spacial score (nSPS) is 11.1. The summed E-state index contributed by atoms with van der Waals surface area (Å²) in [5, 5.41) is 15.3. The Labute approximate surface area is 195 Å². The number of nitrogens with one attached hydrogen (secondary N) is 1. The van der Waals surface area contributed by atoms with Gasteiger partial charge in [0, 0.05) is 35.6 Å². The van der Waals surface area contributed by atoms with Crippen LogP contribution in [0.4, 0.5) is 0 Å². The topological polar surface area (TPSA) is 85.6 Å². The maximum absolute atomic E-state index is 12.3. The Morgan fingerprint density at radius 1 is 1.12 bits per heavy atom. The number of hydrogen-bond donors (Lipinski definition) is 1. The van der Waals surface area contributed by atoms with E-state index in [-0.39, 0.29) is 5.91 Å². The van der Waals surface area contributed by atoms with Crippen LogP contribution in [0, 0.1) is 5.92 Å². The summed E-state index contributed by atoms with van der Waals surface area (Å²) >= 11 is 3.03. The van der Waals surface area contributed by atoms with Gasteiger partial charge in [0.15, 0.2) is 11.0 Å². The molecule has 4 aromatic rings. The zero-order valence-corrected chi connectivity index (χ0v) is 19.6. The van der Waals surface area contributed by atoms with Gasteiger partial charge in [0.05, 0.1) is 5.75 Å². The Bertz CT molecular complexity index is 1160. The van der Waals surface area contributed by atoms with E-state index >= 15 is 0 Å². The Balaban J connectivity index is 1.50. The lowest BCUT2D eigenvalue weighted by atomic mass is 10.1. The van der Waals surface area contributed by atoms with Gasteiger partial charge in [0.1, 0.15) is 10.7 Å². The van der Waals surface area contributed by atoms with E-state index in [1.54, 1.807) is 24.2 Å². The summed E-state index contributed by atoms with van der Waals surface area (Å²) in [4.78, 5) is 20.9. The fourth-order valence-electron chi connectivity index (χ4n) is 3.03. The number of nitrogens with zero attached hydrogens (tertiary/aromatic N) is 5. The van der Waals surface area contributed by atoms with E-state index in [0.717, 1.165) is 33.7 Å². The standard InChI is InChI=1S/C23H24N6OS2/c1-16(2)8-13-25-22(30)19-14-31-20(26-19)15-32-23-28-27-21(17-9-11-24-12-10-17)29(23)18-6-4-3-5-7-18/h3-7,9-12,14,16H,8,13,15H2,1-2H3,(H,25,30). The molecule has 0 bridgehead atoms. The van der Waals surface area contributed by atoms with Crippen molar-refractivity contribution in [1.82, 2.24) is 30.0 Å². The Morgan fingerprint density at radius 2 is 1.91 bits per heavy atom. The van der Waals surface area contributed by atoms with E-state index < -0.39 is 0 Å². The number of thiazole rings is 1. The number of thioether (sulfide) groups is 1. The van der Waals surface area contributed by atoms with Gasteiger partial charge < -0.3 is 5.32 Å². The van der Waals surface area contributed by atoms with Crippen molar-refractivity contribution >= 4 is 29.0 Å². The van der Waals surface area contributed by atoms with Gasteiger partial charge in [0.25, 0.3) is 5.91 Å². The van der Waals surface area contributed by atoms with Crippen LogP contribution in [0.5, 0.6) is 0 Å². The fraction of sp³-hybridized carbons (Fsp3) is 0.261. The molecular formula is C23H24N6OS2. The molecule has 0 atom stereocenters. The summed E-state index contributed by atoms with van der Waals surface area (Å²) in [5.41, 5.74) is 2.39. The predicted octanol–water partition coefficient (Wildman–Crippen LogP) is 4.85. The number of benzene rings is 1. The van der Waals surface area contributed by atoms with Gasteiger partial charge in [-0.3, -0.25) is 14.3 Å². The van der Waals surface area contributed by atoms with Gasteiger partial charge in [-0.15, -0.1) is 21.5 Å². The molecular weight excluding hydrogens is 440 g/mol. The number of rotatable bonds is 9. The maximum atomic E-state index is 12.3. The first-order valence-corrected chi connectivity index (χ1v) is 12.2. The van der Waals surface area contributed by atoms with Gasteiger partial charge in [-0.05, 0) is 36.6 Å². The van der Waals surface area contributed by atoms with Crippen molar-refractivity contribution in [3.05, 3.63) is 70.9 Å². The highest BCUT2D eigenvalue weighted by Crippen LogP contribution is 2.30. The molecule has 7 nitrogen and oxygen atoms in total. The lowest BCUT2D eigenvalue weighted by Crippen LogP contribution is -2.25. The molecule has 0 radical (unpaired) electrons. The smallest absolute Gasteiger partial charge is 0.270 e. The summed E-state index contributed by atoms with van der Waals surface area (Å²) in [6.45, 7) is 4.94. The summed E-state index contributed by atoms with van der Waals surface area (Å²) in [7, 11) is 0. The molecule has 32 heavy (non-hydrogen) atoms. The average Bonchev–Trinajstić information content (AvgIpc) is 3.46. The number of para-hydroxylation sites is 1. The molecule has 1 N–H and O–H groups in total. The molecule has 0 spiro atoms. The second kappa shape index (κ2) is 10.5. The third-order valence-corrected chi connectivity index (χ3v) is 6.67. The lowest BCUT2D eigenvalue weighted by molar-refractivity contribution is 0.0947. The van der Waals surface area contributed by atoms with Gasteiger partial charge in [-0.25, -0.2) is 4.98 Å². The van der Waals surface area contributed by atoms with Gasteiger partial charge in [0.2, 0.25) is 0 Å². The Hall–Kier alpha value is -3.04. The summed E-state index contributed by atoms with van der Waals surface area (Å²) in [5.74, 6) is 1.79. The van der Waals surface area contributed by atoms with Crippen LogP contribution in [0.25, 0.3) is 17.1 Å². The summed E-state index contributed by atoms with van der Waals surface area (Å²) in [6.07, 6.45) is 4.44. The van der Waals surface area contributed by atoms with Crippen LogP contribution < -0.4 is 5.32 Å². The minimum absolute atomic E-state index is 0.120. The number of pyridine rings is 1. The van der Waals surface area contributed by atoms with Crippen molar-refractivity contribution in [2.75, 3.05) is 6.54 Å². The highest BCUT2D eigenvalue weighted by Gasteiger charge is 2.17. The first-order chi connectivity index (χ1) is 15.6. The molecule has 1 amide bonds. The zero-order valence-electron chi connectivity index (χ0n) is 17.9. The number of carbonyl (C=O) groups excluding carboxylic acids is 1. The van der Waals surface area contributed by atoms with E-state index in [2.05, 4.69) is 39.3 Å². The van der Waals surface area contributed by atoms with Crippen molar-refractivity contribution in [1.29, 1.82) is 0 Å². The van der Waals surface area contributed by atoms with Crippen molar-refractivity contribution in [2.24, 2.45) is 5.92 Å². The van der Waals surface area contributed by atoms with Gasteiger partial charge in [-0.2, -0.15) is 0 Å². The van der Waals surface area contributed by atoms with Crippen LogP contribution in [-0.4, -0.2) is 37.2 Å². The number of aromatic nitrogens is 5. The molecule has 0 saturated heterocycles. The van der Waals surface area contributed by atoms with Crippen LogP contribution in [0.2, 0.25) is 0 Å². The van der Waals surface area contributed by atoms with Crippen LogP contribution in [0.3, 0.4) is 0 Å². The number of amides is 1. The van der Waals surface area contributed by atoms with E-state index in [4.69, 9.17) is 0 Å². The minimum Gasteiger partial charge on any atom is -0.351 e. The number of carbonyl (C=O) groups is 1. The second-order valence-corrected chi connectivity index (χ2v) is 9.45. The highest BCUT2D eigenvalue weighted by atomic mass is 32.2. The van der Waals surface area contributed by atoms with E-state index in [9.17, 15) is 4.79 Å². The Morgan fingerprint density at radius 3 is 2.66 bits per heavy atom. The van der Waals surface area contributed by atoms with Crippen LogP contribution in [-0.2, 0) is 5.75 Å². The van der Waals surface area contributed by atoms with E-state index in [1.807, 2.05) is 52.4 Å². The largest absolute Gasteiger partial charge is 0.351 e. The second-order valence-electron chi connectivity index (χ2n) is 7.57. The molecule has 0 aliphatic rings. The molecule has 9 heteroatoms. The van der Waals surface area contributed by atoms with Crippen LogP contribution in [0.15, 0.2) is 65.4 Å². The van der Waals surface area contributed by atoms with Crippen LogP contribution in [0.1, 0.15) is 35.8 Å². The monoisotopic (exact) mass is 464 g/mol. The van der Waals surface area contributed by atoms with E-state index in [1.165, 1.54) is 11.3 Å². The first kappa shape index (κ1) is 22.2. The molecule has 4 rings (SSSR count). The molecule has 0 saturated carbocycles. The van der Waals surface area contributed by atoms with Gasteiger partial charge >= 0.3 is 0 Å². The predicted molar refractivity (Wildman–Crippen MR) is 128 cm³/mol. The van der Waals surface area contributed by atoms with Crippen molar-refractivity contribution in [3.63, 3.8) is 0 Å². The first-order valence-electron chi connectivity index (χ1n) is 10.4. The quantitative estimate of drug-likeness (QED) is 0.356. The van der Waals surface area contributed by atoms with Gasteiger partial charge in [-0.1, -0.05) is 43.8 Å². The molecule has 3 aromatic heterocycles. The summed E-state index contributed by atoms with van der Waals surface area (Å²) in [6, 6.07) is 13.9. The zero-order chi connectivity index (χ0) is 22.3. The molecule has 0 aliphatic heterocycles. The molecule has 1 aromatic carbocycles.